The van der Waals surface area contributed by atoms with Crippen LogP contribution in [0.4, 0.5) is 16.4 Å². The number of anilines is 2. The fraction of sp³-hybridized carbons (Fsp3) is 0.263. The summed E-state index contributed by atoms with van der Waals surface area (Å²) in [5, 5.41) is 22.7. The van der Waals surface area contributed by atoms with Crippen LogP contribution in [-0.2, 0) is 0 Å². The first kappa shape index (κ1) is 16.8. The molecular weight excluding hydrogens is 342 g/mol. The molecule has 3 aromatic rings. The van der Waals surface area contributed by atoms with E-state index in [1.807, 2.05) is 42.2 Å². The van der Waals surface area contributed by atoms with E-state index in [2.05, 4.69) is 31.9 Å². The molecule has 0 spiro atoms. The number of H-pyrrole nitrogens is 1. The lowest BCUT2D eigenvalue weighted by molar-refractivity contribution is 0.249. The summed E-state index contributed by atoms with van der Waals surface area (Å²) in [6, 6.07) is 13.3. The van der Waals surface area contributed by atoms with E-state index in [0.717, 1.165) is 22.3 Å². The van der Waals surface area contributed by atoms with Gasteiger partial charge in [-0.15, -0.1) is 0 Å². The largest absolute Gasteiger partial charge is 0.352 e. The topological polar surface area (TPSA) is 110 Å². The van der Waals surface area contributed by atoms with Gasteiger partial charge in [-0.3, -0.25) is 10.4 Å². The number of nitrogens with one attached hydrogen (secondary N) is 3. The molecule has 8 heteroatoms. The summed E-state index contributed by atoms with van der Waals surface area (Å²) in [5.41, 5.74) is 1.81. The normalized spacial score (nSPS) is 15.0. The molecular formula is C19H19N7O. The Morgan fingerprint density at radius 3 is 2.89 bits per heavy atom. The number of benzene rings is 1. The zero-order valence-corrected chi connectivity index (χ0v) is 14.8. The highest BCUT2D eigenvalue weighted by molar-refractivity contribution is 5.94. The lowest BCUT2D eigenvalue weighted by Gasteiger charge is -2.35. The summed E-state index contributed by atoms with van der Waals surface area (Å²) >= 11 is 0. The number of amides is 2. The molecule has 1 aliphatic rings. The lowest BCUT2D eigenvalue weighted by atomic mass is 10.0. The van der Waals surface area contributed by atoms with Crippen molar-refractivity contribution in [2.24, 2.45) is 5.92 Å². The van der Waals surface area contributed by atoms with E-state index in [4.69, 9.17) is 5.26 Å². The van der Waals surface area contributed by atoms with Crippen molar-refractivity contribution in [3.8, 4) is 6.07 Å². The van der Waals surface area contributed by atoms with E-state index >= 15 is 0 Å². The Labute approximate surface area is 156 Å². The number of carbonyl (C=O) groups excluding carboxylic acids is 1. The molecule has 1 unspecified atom stereocenters. The second-order valence-corrected chi connectivity index (χ2v) is 6.62. The first-order valence-corrected chi connectivity index (χ1v) is 8.75. The smallest absolute Gasteiger partial charge is 0.320 e. The standard InChI is InChI=1S/C19H19N7O/c1-12(14-5-3-2-4-6-14)22-19(27)23-17-7-16-15(9-21-17)18(25-24-16)26-10-13(8-20)11-26/h2-7,9,12-13H,10-11H2,1H3,(H,24,25)(H2,21,22,23,27). The molecule has 2 aromatic heterocycles. The molecule has 0 bridgehead atoms. The Kier molecular flexibility index (Phi) is 4.34. The molecule has 8 nitrogen and oxygen atoms in total. The quantitative estimate of drug-likeness (QED) is 0.662. The van der Waals surface area contributed by atoms with Gasteiger partial charge in [0.1, 0.15) is 5.82 Å². The van der Waals surface area contributed by atoms with Crippen molar-refractivity contribution in [1.82, 2.24) is 20.5 Å². The van der Waals surface area contributed by atoms with Crippen LogP contribution in [-0.4, -0.2) is 34.3 Å². The number of carbonyl (C=O) groups is 1. The highest BCUT2D eigenvalue weighted by Gasteiger charge is 2.29. The highest BCUT2D eigenvalue weighted by Crippen LogP contribution is 2.29. The third-order valence-electron chi connectivity index (χ3n) is 4.68. The van der Waals surface area contributed by atoms with Gasteiger partial charge >= 0.3 is 6.03 Å². The van der Waals surface area contributed by atoms with Crippen molar-refractivity contribution < 1.29 is 4.79 Å². The van der Waals surface area contributed by atoms with E-state index in [1.165, 1.54) is 0 Å². The maximum atomic E-state index is 12.2. The van der Waals surface area contributed by atoms with Gasteiger partial charge in [0.05, 0.1) is 28.9 Å². The Bertz CT molecular complexity index is 1000. The minimum absolute atomic E-state index is 0.0564. The molecule has 1 atom stereocenters. The molecule has 0 aliphatic carbocycles. The van der Waals surface area contributed by atoms with Crippen molar-refractivity contribution >= 4 is 28.6 Å². The van der Waals surface area contributed by atoms with Crippen molar-refractivity contribution in [3.63, 3.8) is 0 Å². The summed E-state index contributed by atoms with van der Waals surface area (Å²) in [7, 11) is 0. The maximum Gasteiger partial charge on any atom is 0.320 e. The first-order valence-electron chi connectivity index (χ1n) is 8.75. The number of nitrogens with zero attached hydrogens (tertiary/aromatic N) is 4. The number of hydrogen-bond acceptors (Lipinski definition) is 5. The summed E-state index contributed by atoms with van der Waals surface area (Å²) in [6.07, 6.45) is 1.68. The molecule has 1 saturated heterocycles. The Morgan fingerprint density at radius 1 is 1.37 bits per heavy atom. The maximum absolute atomic E-state index is 12.2. The minimum Gasteiger partial charge on any atom is -0.352 e. The molecule has 1 aliphatic heterocycles. The number of rotatable bonds is 4. The van der Waals surface area contributed by atoms with Crippen LogP contribution in [0.5, 0.6) is 0 Å². The summed E-state index contributed by atoms with van der Waals surface area (Å²) in [5.74, 6) is 1.28. The van der Waals surface area contributed by atoms with Crippen LogP contribution in [0.2, 0.25) is 0 Å². The van der Waals surface area contributed by atoms with Crippen LogP contribution in [0.25, 0.3) is 10.9 Å². The van der Waals surface area contributed by atoms with E-state index in [1.54, 1.807) is 12.3 Å². The lowest BCUT2D eigenvalue weighted by Crippen LogP contribution is -2.46. The van der Waals surface area contributed by atoms with Crippen LogP contribution in [0, 0.1) is 17.2 Å². The van der Waals surface area contributed by atoms with Crippen LogP contribution in [0.1, 0.15) is 18.5 Å². The second-order valence-electron chi connectivity index (χ2n) is 6.62. The van der Waals surface area contributed by atoms with E-state index < -0.39 is 0 Å². The molecule has 3 heterocycles. The molecule has 0 saturated carbocycles. The van der Waals surface area contributed by atoms with Crippen LogP contribution in [0.15, 0.2) is 42.6 Å². The third-order valence-corrected chi connectivity index (χ3v) is 4.68. The predicted molar refractivity (Wildman–Crippen MR) is 102 cm³/mol. The summed E-state index contributed by atoms with van der Waals surface area (Å²) < 4.78 is 0. The number of pyridine rings is 1. The summed E-state index contributed by atoms with van der Waals surface area (Å²) in [4.78, 5) is 18.6. The fourth-order valence-electron chi connectivity index (χ4n) is 3.12. The SMILES string of the molecule is CC(NC(=O)Nc1cc2[nH]nc(N3CC(C#N)C3)c2cn1)c1ccccc1. The van der Waals surface area contributed by atoms with Crippen LogP contribution in [0.3, 0.4) is 0 Å². The Morgan fingerprint density at radius 2 is 2.15 bits per heavy atom. The van der Waals surface area contributed by atoms with Gasteiger partial charge < -0.3 is 10.2 Å². The third kappa shape index (κ3) is 3.40. The van der Waals surface area contributed by atoms with E-state index in [9.17, 15) is 4.79 Å². The van der Waals surface area contributed by atoms with Crippen molar-refractivity contribution in [2.45, 2.75) is 13.0 Å². The molecule has 1 fully saturated rings. The molecule has 136 valence electrons. The molecule has 3 N–H and O–H groups in total. The molecule has 1 aromatic carbocycles. The monoisotopic (exact) mass is 361 g/mol. The number of aromatic nitrogens is 3. The molecule has 27 heavy (non-hydrogen) atoms. The van der Waals surface area contributed by atoms with Gasteiger partial charge in [-0.05, 0) is 12.5 Å². The molecule has 2 amide bonds. The molecule has 0 radical (unpaired) electrons. The zero-order valence-electron chi connectivity index (χ0n) is 14.8. The zero-order chi connectivity index (χ0) is 18.8. The highest BCUT2D eigenvalue weighted by atomic mass is 16.2. The van der Waals surface area contributed by atoms with Crippen LogP contribution >= 0.6 is 0 Å². The van der Waals surface area contributed by atoms with Gasteiger partial charge in [0.15, 0.2) is 5.82 Å². The number of hydrogen-bond donors (Lipinski definition) is 3. The van der Waals surface area contributed by atoms with Gasteiger partial charge in [-0.1, -0.05) is 30.3 Å². The van der Waals surface area contributed by atoms with Crippen LogP contribution < -0.4 is 15.5 Å². The predicted octanol–water partition coefficient (Wildman–Crippen LogP) is 2.80. The van der Waals surface area contributed by atoms with E-state index in [-0.39, 0.29) is 18.0 Å². The number of nitriles is 1. The van der Waals surface area contributed by atoms with E-state index in [0.29, 0.717) is 18.9 Å². The Balaban J connectivity index is 1.42. The van der Waals surface area contributed by atoms with Gasteiger partial charge in [0, 0.05) is 25.4 Å². The van der Waals surface area contributed by atoms with Crippen molar-refractivity contribution in [2.75, 3.05) is 23.3 Å². The first-order chi connectivity index (χ1) is 13.1. The fourth-order valence-corrected chi connectivity index (χ4v) is 3.12. The second kappa shape index (κ2) is 6.96. The van der Waals surface area contributed by atoms with Gasteiger partial charge in [0.2, 0.25) is 0 Å². The van der Waals surface area contributed by atoms with Gasteiger partial charge in [-0.2, -0.15) is 10.4 Å². The van der Waals surface area contributed by atoms with Gasteiger partial charge in [-0.25, -0.2) is 9.78 Å². The minimum atomic E-state index is -0.322. The average Bonchev–Trinajstić information content (AvgIpc) is 3.04. The number of fused-ring (bicyclic) bond motifs is 1. The Hall–Kier alpha value is -3.60. The summed E-state index contributed by atoms with van der Waals surface area (Å²) in [6.45, 7) is 3.28. The number of aromatic amines is 1. The van der Waals surface area contributed by atoms with Crippen molar-refractivity contribution in [3.05, 3.63) is 48.2 Å². The number of urea groups is 1. The average molecular weight is 361 g/mol. The van der Waals surface area contributed by atoms with Gasteiger partial charge in [0.25, 0.3) is 0 Å². The molecule has 4 rings (SSSR count). The van der Waals surface area contributed by atoms with Crippen molar-refractivity contribution in [1.29, 1.82) is 5.26 Å².